The summed E-state index contributed by atoms with van der Waals surface area (Å²) in [5, 5.41) is 13.6. The lowest BCUT2D eigenvalue weighted by Crippen LogP contribution is -2.30. The zero-order valence-corrected chi connectivity index (χ0v) is 15.2. The molecule has 1 atom stereocenters. The maximum absolute atomic E-state index is 13.0. The van der Waals surface area contributed by atoms with Gasteiger partial charge in [-0.15, -0.1) is 0 Å². The topological polar surface area (TPSA) is 75.6 Å². The molecule has 0 bridgehead atoms. The van der Waals surface area contributed by atoms with E-state index in [-0.39, 0.29) is 11.3 Å². The Labute approximate surface area is 163 Å². The van der Waals surface area contributed by atoms with Crippen molar-refractivity contribution in [1.82, 2.24) is 0 Å². The van der Waals surface area contributed by atoms with Crippen molar-refractivity contribution >= 4 is 28.3 Å². The summed E-state index contributed by atoms with van der Waals surface area (Å²) >= 11 is 0. The van der Waals surface area contributed by atoms with Crippen LogP contribution in [-0.4, -0.2) is 23.1 Å². The number of carbonyl (C=O) groups is 2. The third-order valence-electron chi connectivity index (χ3n) is 4.26. The van der Waals surface area contributed by atoms with Crippen LogP contribution in [0.2, 0.25) is 0 Å². The van der Waals surface area contributed by atoms with E-state index in [0.29, 0.717) is 10.8 Å². The van der Waals surface area contributed by atoms with E-state index in [0.717, 1.165) is 12.1 Å². The van der Waals surface area contributed by atoms with Gasteiger partial charge in [0.2, 0.25) is 0 Å². The molecule has 150 valence electrons. The molecule has 0 heterocycles. The normalized spacial score (nSPS) is 12.4. The van der Waals surface area contributed by atoms with Crippen molar-refractivity contribution in [3.8, 4) is 5.75 Å². The lowest BCUT2D eigenvalue weighted by atomic mass is 10.1. The molecule has 3 aromatic rings. The Balaban J connectivity index is 1.75. The third kappa shape index (κ3) is 4.31. The molecule has 0 fully saturated rings. The molecule has 0 aliphatic heterocycles. The summed E-state index contributed by atoms with van der Waals surface area (Å²) in [6, 6.07) is 14.3. The van der Waals surface area contributed by atoms with E-state index in [1.165, 1.54) is 25.1 Å². The van der Waals surface area contributed by atoms with Gasteiger partial charge in [-0.05, 0) is 30.5 Å². The number of para-hydroxylation sites is 1. The molecule has 0 aliphatic rings. The highest BCUT2D eigenvalue weighted by atomic mass is 19.4. The molecule has 0 saturated heterocycles. The minimum atomic E-state index is -4.65. The number of hydrogen-bond donors (Lipinski definition) is 2. The Kier molecular flexibility index (Phi) is 5.45. The molecule has 0 spiro atoms. The number of hydrogen-bond acceptors (Lipinski definition) is 4. The Morgan fingerprint density at radius 2 is 1.66 bits per heavy atom. The van der Waals surface area contributed by atoms with Crippen LogP contribution < -0.4 is 5.32 Å². The number of carbonyl (C=O) groups excluding carboxylic acids is 2. The van der Waals surface area contributed by atoms with Crippen molar-refractivity contribution in [3.63, 3.8) is 0 Å². The van der Waals surface area contributed by atoms with Crippen molar-refractivity contribution < 1.29 is 32.6 Å². The SMILES string of the molecule is C[C@@H](OC(=O)c1ccc2ccccc2c1O)C(=O)Nc1ccccc1C(F)(F)F. The van der Waals surface area contributed by atoms with Gasteiger partial charge in [0.05, 0.1) is 11.3 Å². The second-order valence-corrected chi connectivity index (χ2v) is 6.26. The van der Waals surface area contributed by atoms with Crippen LogP contribution in [0.4, 0.5) is 18.9 Å². The predicted molar refractivity (Wildman–Crippen MR) is 101 cm³/mol. The molecule has 5 nitrogen and oxygen atoms in total. The zero-order chi connectivity index (χ0) is 21.2. The van der Waals surface area contributed by atoms with E-state index in [2.05, 4.69) is 5.32 Å². The lowest BCUT2D eigenvalue weighted by Gasteiger charge is -2.17. The van der Waals surface area contributed by atoms with Crippen molar-refractivity contribution in [2.24, 2.45) is 0 Å². The summed E-state index contributed by atoms with van der Waals surface area (Å²) in [5.74, 6) is -2.21. The monoisotopic (exact) mass is 403 g/mol. The maximum Gasteiger partial charge on any atom is 0.418 e. The first-order valence-corrected chi connectivity index (χ1v) is 8.57. The molecular weight excluding hydrogens is 387 g/mol. The van der Waals surface area contributed by atoms with Crippen molar-refractivity contribution in [1.29, 1.82) is 0 Å². The van der Waals surface area contributed by atoms with Crippen LogP contribution in [0.3, 0.4) is 0 Å². The minimum Gasteiger partial charge on any atom is -0.506 e. The largest absolute Gasteiger partial charge is 0.506 e. The van der Waals surface area contributed by atoms with E-state index < -0.39 is 35.4 Å². The Morgan fingerprint density at radius 3 is 2.38 bits per heavy atom. The molecule has 29 heavy (non-hydrogen) atoms. The van der Waals surface area contributed by atoms with Crippen LogP contribution in [0.25, 0.3) is 10.8 Å². The number of esters is 1. The summed E-state index contributed by atoms with van der Waals surface area (Å²) in [6.07, 6.45) is -6.05. The average molecular weight is 403 g/mol. The van der Waals surface area contributed by atoms with Crippen molar-refractivity contribution in [3.05, 3.63) is 71.8 Å². The Morgan fingerprint density at radius 1 is 1.00 bits per heavy atom. The Hall–Kier alpha value is -3.55. The lowest BCUT2D eigenvalue weighted by molar-refractivity contribution is -0.137. The number of benzene rings is 3. The number of aromatic hydroxyl groups is 1. The second kappa shape index (κ2) is 7.83. The fourth-order valence-corrected chi connectivity index (χ4v) is 2.77. The summed E-state index contributed by atoms with van der Waals surface area (Å²) < 4.78 is 44.2. The standard InChI is InChI=1S/C21H16F3NO4/c1-12(19(27)25-17-9-5-4-8-16(17)21(22,23)24)29-20(28)15-11-10-13-6-2-3-7-14(13)18(15)26/h2-12,26H,1H3,(H,25,27)/t12-/m1/s1. The Bertz CT molecular complexity index is 1080. The average Bonchev–Trinajstić information content (AvgIpc) is 2.68. The highest BCUT2D eigenvalue weighted by Crippen LogP contribution is 2.34. The number of halogens is 3. The van der Waals surface area contributed by atoms with Gasteiger partial charge in [-0.3, -0.25) is 4.79 Å². The number of ether oxygens (including phenoxy) is 1. The summed E-state index contributed by atoms with van der Waals surface area (Å²) in [5.41, 5.74) is -1.61. The highest BCUT2D eigenvalue weighted by Gasteiger charge is 2.34. The van der Waals surface area contributed by atoms with Crippen LogP contribution in [0.15, 0.2) is 60.7 Å². The first-order valence-electron chi connectivity index (χ1n) is 8.57. The molecule has 0 aliphatic carbocycles. The smallest absolute Gasteiger partial charge is 0.418 e. The molecule has 8 heteroatoms. The molecule has 0 aromatic heterocycles. The van der Waals surface area contributed by atoms with Crippen LogP contribution in [0.5, 0.6) is 5.75 Å². The van der Waals surface area contributed by atoms with Crippen LogP contribution in [0, 0.1) is 0 Å². The molecule has 0 unspecified atom stereocenters. The fourth-order valence-electron chi connectivity index (χ4n) is 2.77. The summed E-state index contributed by atoms with van der Waals surface area (Å²) in [6.45, 7) is 1.22. The number of fused-ring (bicyclic) bond motifs is 1. The third-order valence-corrected chi connectivity index (χ3v) is 4.26. The molecule has 1 amide bonds. The second-order valence-electron chi connectivity index (χ2n) is 6.26. The molecular formula is C21H16F3NO4. The van der Waals surface area contributed by atoms with Crippen LogP contribution >= 0.6 is 0 Å². The number of phenolic OH excluding ortho intramolecular Hbond substituents is 1. The van der Waals surface area contributed by atoms with Gasteiger partial charge in [0.15, 0.2) is 6.10 Å². The van der Waals surface area contributed by atoms with Gasteiger partial charge in [0.25, 0.3) is 5.91 Å². The quantitative estimate of drug-likeness (QED) is 0.617. The van der Waals surface area contributed by atoms with Gasteiger partial charge >= 0.3 is 12.1 Å². The van der Waals surface area contributed by atoms with Gasteiger partial charge in [0.1, 0.15) is 11.3 Å². The number of nitrogens with one attached hydrogen (secondary N) is 1. The number of alkyl halides is 3. The van der Waals surface area contributed by atoms with Crippen LogP contribution in [-0.2, 0) is 15.7 Å². The van der Waals surface area contributed by atoms with E-state index in [1.807, 2.05) is 0 Å². The van der Waals surface area contributed by atoms with Crippen molar-refractivity contribution in [2.45, 2.75) is 19.2 Å². The van der Waals surface area contributed by atoms with E-state index in [4.69, 9.17) is 4.74 Å². The van der Waals surface area contributed by atoms with Crippen molar-refractivity contribution in [2.75, 3.05) is 5.32 Å². The number of rotatable bonds is 4. The number of amides is 1. The van der Waals surface area contributed by atoms with E-state index >= 15 is 0 Å². The zero-order valence-electron chi connectivity index (χ0n) is 15.2. The van der Waals surface area contributed by atoms with E-state index in [9.17, 15) is 27.9 Å². The van der Waals surface area contributed by atoms with Crippen LogP contribution in [0.1, 0.15) is 22.8 Å². The van der Waals surface area contributed by atoms with Gasteiger partial charge in [0, 0.05) is 5.39 Å². The molecule has 0 radical (unpaired) electrons. The predicted octanol–water partition coefficient (Wildman–Crippen LogP) is 4.75. The molecule has 2 N–H and O–H groups in total. The maximum atomic E-state index is 13.0. The summed E-state index contributed by atoms with van der Waals surface area (Å²) in [7, 11) is 0. The van der Waals surface area contributed by atoms with Gasteiger partial charge in [-0.25, -0.2) is 4.79 Å². The fraction of sp³-hybridized carbons (Fsp3) is 0.143. The first kappa shape index (κ1) is 20.2. The van der Waals surface area contributed by atoms with Gasteiger partial charge < -0.3 is 15.2 Å². The number of anilines is 1. The minimum absolute atomic E-state index is 0.154. The van der Waals surface area contributed by atoms with E-state index in [1.54, 1.807) is 30.3 Å². The first-order chi connectivity index (χ1) is 13.7. The molecule has 0 saturated carbocycles. The number of phenols is 1. The highest BCUT2D eigenvalue weighted by molar-refractivity contribution is 6.03. The molecule has 3 rings (SSSR count). The summed E-state index contributed by atoms with van der Waals surface area (Å²) in [4.78, 5) is 24.6. The molecule has 3 aromatic carbocycles. The van der Waals surface area contributed by atoms with Gasteiger partial charge in [-0.1, -0.05) is 42.5 Å². The van der Waals surface area contributed by atoms with Gasteiger partial charge in [-0.2, -0.15) is 13.2 Å².